The van der Waals surface area contributed by atoms with Gasteiger partial charge in [0.25, 0.3) is 0 Å². The fourth-order valence-electron chi connectivity index (χ4n) is 2.53. The van der Waals surface area contributed by atoms with Gasteiger partial charge in [-0.15, -0.1) is 11.3 Å². The Morgan fingerprint density at radius 1 is 1.42 bits per heavy atom. The zero-order valence-corrected chi connectivity index (χ0v) is 13.4. The van der Waals surface area contributed by atoms with Crippen LogP contribution >= 0.6 is 27.3 Å². The van der Waals surface area contributed by atoms with E-state index in [0.29, 0.717) is 18.9 Å². The van der Waals surface area contributed by atoms with Crippen LogP contribution in [0.5, 0.6) is 0 Å². The van der Waals surface area contributed by atoms with Crippen LogP contribution in [0.15, 0.2) is 15.9 Å². The molecule has 3 nitrogen and oxygen atoms in total. The summed E-state index contributed by atoms with van der Waals surface area (Å²) < 4.78 is 1.01. The summed E-state index contributed by atoms with van der Waals surface area (Å²) in [4.78, 5) is 15.2. The Morgan fingerprint density at radius 3 is 2.74 bits per heavy atom. The maximum absolute atomic E-state index is 12.0. The highest BCUT2D eigenvalue weighted by atomic mass is 79.9. The van der Waals surface area contributed by atoms with Crippen LogP contribution in [0.1, 0.15) is 35.4 Å². The summed E-state index contributed by atoms with van der Waals surface area (Å²) in [5.74, 6) is 0.915. The predicted octanol–water partition coefficient (Wildman–Crippen LogP) is 3.18. The van der Waals surface area contributed by atoms with E-state index in [1.54, 1.807) is 0 Å². The second-order valence-electron chi connectivity index (χ2n) is 5.07. The van der Waals surface area contributed by atoms with Crippen molar-refractivity contribution in [3.05, 3.63) is 20.8 Å². The monoisotopic (exact) mass is 345 g/mol. The molecule has 1 aromatic heterocycles. The van der Waals surface area contributed by atoms with Gasteiger partial charge in [-0.3, -0.25) is 4.79 Å². The number of aliphatic hydroxyl groups is 1. The third-order valence-electron chi connectivity index (χ3n) is 3.75. The average Bonchev–Trinajstić information content (AvgIpc) is 2.85. The Kier molecular flexibility index (Phi) is 6.01. The molecule has 0 amide bonds. The number of hydrogen-bond acceptors (Lipinski definition) is 4. The van der Waals surface area contributed by atoms with Crippen molar-refractivity contribution < 1.29 is 9.90 Å². The lowest BCUT2D eigenvalue weighted by molar-refractivity contribution is 0.0951. The van der Waals surface area contributed by atoms with Crippen molar-refractivity contribution >= 4 is 33.0 Å². The van der Waals surface area contributed by atoms with Crippen molar-refractivity contribution in [3.63, 3.8) is 0 Å². The van der Waals surface area contributed by atoms with Gasteiger partial charge in [0.05, 0.1) is 8.66 Å². The first kappa shape index (κ1) is 15.2. The number of likely N-dealkylation sites (tertiary alicyclic amines) is 1. The molecule has 1 fully saturated rings. The molecule has 2 rings (SSSR count). The molecule has 1 N–H and O–H groups in total. The average molecular weight is 346 g/mol. The van der Waals surface area contributed by atoms with Crippen molar-refractivity contribution in [2.75, 3.05) is 26.2 Å². The quantitative estimate of drug-likeness (QED) is 0.805. The van der Waals surface area contributed by atoms with Crippen molar-refractivity contribution in [2.45, 2.75) is 25.7 Å². The predicted molar refractivity (Wildman–Crippen MR) is 81.8 cm³/mol. The van der Waals surface area contributed by atoms with E-state index in [4.69, 9.17) is 5.11 Å². The number of hydrogen-bond donors (Lipinski definition) is 1. The lowest BCUT2D eigenvalue weighted by Gasteiger charge is -2.31. The number of Topliss-reactive ketones (excluding diaryl/α,β-unsaturated/α-hetero) is 1. The second-order valence-corrected chi connectivity index (χ2v) is 7.54. The first-order valence-electron chi connectivity index (χ1n) is 6.81. The van der Waals surface area contributed by atoms with E-state index in [1.807, 2.05) is 12.1 Å². The zero-order valence-electron chi connectivity index (χ0n) is 11.0. The Hall–Kier alpha value is -0.230. The highest BCUT2D eigenvalue weighted by Gasteiger charge is 2.19. The van der Waals surface area contributed by atoms with Gasteiger partial charge in [0.15, 0.2) is 5.78 Å². The van der Waals surface area contributed by atoms with Crippen molar-refractivity contribution in [3.8, 4) is 0 Å². The summed E-state index contributed by atoms with van der Waals surface area (Å²) in [5.41, 5.74) is 0. The van der Waals surface area contributed by atoms with E-state index in [-0.39, 0.29) is 5.78 Å². The summed E-state index contributed by atoms with van der Waals surface area (Å²) >= 11 is 4.90. The summed E-state index contributed by atoms with van der Waals surface area (Å²) in [6, 6.07) is 3.82. The SMILES string of the molecule is O=C(CCN1CCC(CCO)CC1)c1ccc(Br)s1. The van der Waals surface area contributed by atoms with E-state index < -0.39 is 0 Å². The number of aliphatic hydroxyl groups excluding tert-OH is 1. The fourth-order valence-corrected chi connectivity index (χ4v) is 3.88. The number of ketones is 1. The number of nitrogens with zero attached hydrogens (tertiary/aromatic N) is 1. The first-order valence-corrected chi connectivity index (χ1v) is 8.41. The Morgan fingerprint density at radius 2 is 2.16 bits per heavy atom. The lowest BCUT2D eigenvalue weighted by Crippen LogP contribution is -2.35. The fraction of sp³-hybridized carbons (Fsp3) is 0.643. The van der Waals surface area contributed by atoms with Gasteiger partial charge < -0.3 is 10.0 Å². The van der Waals surface area contributed by atoms with Crippen LogP contribution < -0.4 is 0 Å². The van der Waals surface area contributed by atoms with Crippen molar-refractivity contribution in [2.24, 2.45) is 5.92 Å². The lowest BCUT2D eigenvalue weighted by atomic mass is 9.94. The van der Waals surface area contributed by atoms with Gasteiger partial charge in [0.2, 0.25) is 0 Å². The Bertz CT molecular complexity index is 413. The molecular weight excluding hydrogens is 326 g/mol. The molecule has 0 spiro atoms. The maximum atomic E-state index is 12.0. The Balaban J connectivity index is 1.70. The molecule has 1 aliphatic rings. The summed E-state index contributed by atoms with van der Waals surface area (Å²) in [6.07, 6.45) is 3.84. The molecule has 2 heterocycles. The van der Waals surface area contributed by atoms with Crippen LogP contribution in [-0.2, 0) is 0 Å². The molecule has 0 bridgehead atoms. The first-order chi connectivity index (χ1) is 9.19. The van der Waals surface area contributed by atoms with Crippen LogP contribution in [0.3, 0.4) is 0 Å². The highest BCUT2D eigenvalue weighted by Crippen LogP contribution is 2.24. The molecule has 0 aliphatic carbocycles. The second kappa shape index (κ2) is 7.53. The third kappa shape index (κ3) is 4.67. The van der Waals surface area contributed by atoms with Crippen LogP contribution in [0.4, 0.5) is 0 Å². The molecule has 106 valence electrons. The van der Waals surface area contributed by atoms with E-state index in [2.05, 4.69) is 20.8 Å². The molecule has 1 saturated heterocycles. The molecule has 1 aromatic rings. The van der Waals surface area contributed by atoms with Gasteiger partial charge >= 0.3 is 0 Å². The minimum absolute atomic E-state index is 0.244. The zero-order chi connectivity index (χ0) is 13.7. The van der Waals surface area contributed by atoms with Crippen LogP contribution in [-0.4, -0.2) is 42.0 Å². The van der Waals surface area contributed by atoms with Crippen molar-refractivity contribution in [1.29, 1.82) is 0 Å². The van der Waals surface area contributed by atoms with Gasteiger partial charge in [0.1, 0.15) is 0 Å². The van der Waals surface area contributed by atoms with E-state index in [0.717, 1.165) is 47.6 Å². The van der Waals surface area contributed by atoms with E-state index in [1.165, 1.54) is 11.3 Å². The number of halogens is 1. The minimum Gasteiger partial charge on any atom is -0.396 e. The van der Waals surface area contributed by atoms with Crippen LogP contribution in [0, 0.1) is 5.92 Å². The van der Waals surface area contributed by atoms with Gasteiger partial charge in [0, 0.05) is 19.6 Å². The Labute approximate surface area is 126 Å². The van der Waals surface area contributed by atoms with Gasteiger partial charge in [-0.2, -0.15) is 0 Å². The summed E-state index contributed by atoms with van der Waals surface area (Å²) in [7, 11) is 0. The third-order valence-corrected chi connectivity index (χ3v) is 5.41. The van der Waals surface area contributed by atoms with Gasteiger partial charge in [-0.1, -0.05) is 0 Å². The minimum atomic E-state index is 0.244. The molecule has 0 radical (unpaired) electrons. The molecule has 0 saturated carbocycles. The van der Waals surface area contributed by atoms with E-state index in [9.17, 15) is 4.79 Å². The number of thiophene rings is 1. The normalized spacial score (nSPS) is 17.8. The number of carbonyl (C=O) groups is 1. The molecule has 0 aromatic carbocycles. The highest BCUT2D eigenvalue weighted by molar-refractivity contribution is 9.11. The molecule has 0 unspecified atom stereocenters. The van der Waals surface area contributed by atoms with Gasteiger partial charge in [-0.05, 0) is 66.3 Å². The smallest absolute Gasteiger partial charge is 0.174 e. The van der Waals surface area contributed by atoms with Crippen LogP contribution in [0.2, 0.25) is 0 Å². The number of carbonyl (C=O) groups excluding carboxylic acids is 1. The molecular formula is C14H20BrNO2S. The number of rotatable bonds is 6. The number of piperidine rings is 1. The molecule has 19 heavy (non-hydrogen) atoms. The largest absolute Gasteiger partial charge is 0.396 e. The summed E-state index contributed by atoms with van der Waals surface area (Å²) in [5, 5.41) is 8.93. The van der Waals surface area contributed by atoms with Crippen LogP contribution in [0.25, 0.3) is 0 Å². The molecule has 5 heteroatoms. The van der Waals surface area contributed by atoms with Gasteiger partial charge in [-0.25, -0.2) is 0 Å². The van der Waals surface area contributed by atoms with E-state index >= 15 is 0 Å². The standard InChI is InChI=1S/C14H20BrNO2S/c15-14-2-1-13(19-14)12(18)5-9-16-7-3-11(4-8-16)6-10-17/h1-2,11,17H,3-10H2. The maximum Gasteiger partial charge on any atom is 0.174 e. The molecule has 0 atom stereocenters. The topological polar surface area (TPSA) is 40.5 Å². The van der Waals surface area contributed by atoms with Crippen molar-refractivity contribution in [1.82, 2.24) is 4.90 Å². The summed E-state index contributed by atoms with van der Waals surface area (Å²) in [6.45, 7) is 3.29. The molecule has 1 aliphatic heterocycles.